The molecule has 1 unspecified atom stereocenters. The van der Waals surface area contributed by atoms with E-state index < -0.39 is 0 Å². The number of aryl methyl sites for hydroxylation is 1. The molecule has 0 radical (unpaired) electrons. The average molecular weight is 460 g/mol. The van der Waals surface area contributed by atoms with Crippen molar-refractivity contribution in [1.29, 1.82) is 0 Å². The SMILES string of the molecule is Cc1ccc(-c2nnc(C(C)Sc3nnc(-c4cccs4)n3Cc3ccccc3)o2)cc1. The Bertz CT molecular complexity index is 1290. The molecule has 0 amide bonds. The van der Waals surface area contributed by atoms with E-state index in [1.54, 1.807) is 23.1 Å². The summed E-state index contributed by atoms with van der Waals surface area (Å²) in [6.07, 6.45) is 0. The van der Waals surface area contributed by atoms with E-state index in [4.69, 9.17) is 4.42 Å². The van der Waals surface area contributed by atoms with Gasteiger partial charge in [-0.25, -0.2) is 0 Å². The van der Waals surface area contributed by atoms with Crippen LogP contribution in [0.5, 0.6) is 0 Å². The molecular formula is C24H21N5OS2. The number of aromatic nitrogens is 5. The third-order valence-corrected chi connectivity index (χ3v) is 6.94. The van der Waals surface area contributed by atoms with Gasteiger partial charge in [-0.15, -0.1) is 31.7 Å². The first-order valence-electron chi connectivity index (χ1n) is 10.3. The van der Waals surface area contributed by atoms with Crippen molar-refractivity contribution >= 4 is 23.1 Å². The highest BCUT2D eigenvalue weighted by Gasteiger charge is 2.22. The molecule has 3 aromatic heterocycles. The number of nitrogens with zero attached hydrogens (tertiary/aromatic N) is 5. The van der Waals surface area contributed by atoms with E-state index in [1.807, 2.05) is 55.5 Å². The number of hydrogen-bond donors (Lipinski definition) is 0. The van der Waals surface area contributed by atoms with E-state index in [-0.39, 0.29) is 5.25 Å². The van der Waals surface area contributed by atoms with Crippen LogP contribution in [0.15, 0.2) is 81.7 Å². The highest BCUT2D eigenvalue weighted by molar-refractivity contribution is 7.99. The minimum Gasteiger partial charge on any atom is -0.419 e. The van der Waals surface area contributed by atoms with Crippen LogP contribution in [0.4, 0.5) is 0 Å². The first-order valence-corrected chi connectivity index (χ1v) is 12.0. The van der Waals surface area contributed by atoms with Gasteiger partial charge in [0, 0.05) is 5.56 Å². The van der Waals surface area contributed by atoms with E-state index in [1.165, 1.54) is 11.1 Å². The van der Waals surface area contributed by atoms with Gasteiger partial charge in [-0.3, -0.25) is 4.57 Å². The van der Waals surface area contributed by atoms with Crippen molar-refractivity contribution in [3.63, 3.8) is 0 Å². The van der Waals surface area contributed by atoms with Gasteiger partial charge in [-0.2, -0.15) is 0 Å². The van der Waals surface area contributed by atoms with Crippen LogP contribution in [-0.4, -0.2) is 25.0 Å². The van der Waals surface area contributed by atoms with Crippen molar-refractivity contribution in [2.45, 2.75) is 30.8 Å². The van der Waals surface area contributed by atoms with Gasteiger partial charge >= 0.3 is 0 Å². The molecule has 5 rings (SSSR count). The van der Waals surface area contributed by atoms with Crippen LogP contribution in [0.2, 0.25) is 0 Å². The Kier molecular flexibility index (Phi) is 5.87. The quantitative estimate of drug-likeness (QED) is 0.267. The van der Waals surface area contributed by atoms with Crippen molar-refractivity contribution in [1.82, 2.24) is 25.0 Å². The Hall–Kier alpha value is -3.23. The lowest BCUT2D eigenvalue weighted by Gasteiger charge is -2.11. The second-order valence-corrected chi connectivity index (χ2v) is 9.68. The van der Waals surface area contributed by atoms with Crippen molar-refractivity contribution in [3.05, 3.63) is 89.1 Å². The molecule has 0 aliphatic carbocycles. The summed E-state index contributed by atoms with van der Waals surface area (Å²) in [5.74, 6) is 1.96. The molecule has 0 saturated carbocycles. The molecule has 0 fully saturated rings. The van der Waals surface area contributed by atoms with Gasteiger partial charge in [0.25, 0.3) is 0 Å². The fourth-order valence-corrected chi connectivity index (χ4v) is 4.89. The molecule has 0 N–H and O–H groups in total. The molecule has 8 heteroatoms. The summed E-state index contributed by atoms with van der Waals surface area (Å²) in [5.41, 5.74) is 3.30. The Morgan fingerprint density at radius 3 is 2.50 bits per heavy atom. The minimum absolute atomic E-state index is 0.0726. The summed E-state index contributed by atoms with van der Waals surface area (Å²) in [7, 11) is 0. The summed E-state index contributed by atoms with van der Waals surface area (Å²) >= 11 is 3.23. The lowest BCUT2D eigenvalue weighted by molar-refractivity contribution is 0.508. The van der Waals surface area contributed by atoms with Gasteiger partial charge in [0.15, 0.2) is 11.0 Å². The predicted molar refractivity (Wildman–Crippen MR) is 128 cm³/mol. The molecule has 2 aromatic carbocycles. The highest BCUT2D eigenvalue weighted by atomic mass is 32.2. The van der Waals surface area contributed by atoms with Gasteiger partial charge in [0.1, 0.15) is 0 Å². The van der Waals surface area contributed by atoms with Crippen LogP contribution in [-0.2, 0) is 6.54 Å². The molecule has 5 aromatic rings. The lowest BCUT2D eigenvalue weighted by Crippen LogP contribution is -2.04. The molecule has 0 spiro atoms. The first kappa shape index (κ1) is 20.7. The van der Waals surface area contributed by atoms with Gasteiger partial charge < -0.3 is 4.42 Å². The Balaban J connectivity index is 1.42. The van der Waals surface area contributed by atoms with Crippen LogP contribution >= 0.6 is 23.1 Å². The van der Waals surface area contributed by atoms with Crippen molar-refractivity contribution in [2.75, 3.05) is 0 Å². The zero-order valence-electron chi connectivity index (χ0n) is 17.7. The predicted octanol–water partition coefficient (Wildman–Crippen LogP) is 6.27. The molecule has 0 aliphatic rings. The Morgan fingerprint density at radius 2 is 1.75 bits per heavy atom. The van der Waals surface area contributed by atoms with Crippen molar-refractivity contribution in [3.8, 4) is 22.2 Å². The summed E-state index contributed by atoms with van der Waals surface area (Å²) in [6, 6.07) is 22.5. The Labute approximate surface area is 194 Å². The first-order chi connectivity index (χ1) is 15.7. The highest BCUT2D eigenvalue weighted by Crippen LogP contribution is 2.36. The average Bonchev–Trinajstić information content (AvgIpc) is 3.57. The summed E-state index contributed by atoms with van der Waals surface area (Å²) < 4.78 is 8.13. The van der Waals surface area contributed by atoms with Crippen LogP contribution in [0.25, 0.3) is 22.2 Å². The molecule has 0 bridgehead atoms. The van der Waals surface area contributed by atoms with E-state index in [0.29, 0.717) is 18.3 Å². The van der Waals surface area contributed by atoms with E-state index in [0.717, 1.165) is 21.4 Å². The monoisotopic (exact) mass is 459 g/mol. The van der Waals surface area contributed by atoms with Gasteiger partial charge in [0.2, 0.25) is 11.8 Å². The zero-order valence-corrected chi connectivity index (χ0v) is 19.3. The molecule has 3 heterocycles. The fourth-order valence-electron chi connectivity index (χ4n) is 3.29. The van der Waals surface area contributed by atoms with Gasteiger partial charge in [-0.1, -0.05) is 65.9 Å². The van der Waals surface area contributed by atoms with Crippen LogP contribution in [0, 0.1) is 6.92 Å². The number of benzene rings is 2. The second-order valence-electron chi connectivity index (χ2n) is 7.43. The number of thioether (sulfide) groups is 1. The molecule has 1 atom stereocenters. The topological polar surface area (TPSA) is 69.6 Å². The van der Waals surface area contributed by atoms with Crippen LogP contribution < -0.4 is 0 Å². The van der Waals surface area contributed by atoms with E-state index in [2.05, 4.69) is 55.5 Å². The maximum atomic E-state index is 5.98. The minimum atomic E-state index is -0.0726. The Morgan fingerprint density at radius 1 is 0.938 bits per heavy atom. The molecule has 32 heavy (non-hydrogen) atoms. The largest absolute Gasteiger partial charge is 0.419 e. The lowest BCUT2D eigenvalue weighted by atomic mass is 10.1. The third-order valence-electron chi connectivity index (χ3n) is 5.01. The van der Waals surface area contributed by atoms with Crippen molar-refractivity contribution < 1.29 is 4.42 Å². The van der Waals surface area contributed by atoms with Gasteiger partial charge in [-0.05, 0) is 43.0 Å². The van der Waals surface area contributed by atoms with E-state index >= 15 is 0 Å². The number of thiophene rings is 1. The summed E-state index contributed by atoms with van der Waals surface area (Å²) in [5, 5.41) is 20.3. The standard InChI is InChI=1S/C24H21N5OS2/c1-16-10-12-19(13-11-16)23-27-26-22(30-23)17(2)32-24-28-25-21(20-9-6-14-31-20)29(24)15-18-7-4-3-5-8-18/h3-14,17H,15H2,1-2H3. The molecular weight excluding hydrogens is 438 g/mol. The van der Waals surface area contributed by atoms with Crippen molar-refractivity contribution in [2.24, 2.45) is 0 Å². The normalized spacial score (nSPS) is 12.2. The maximum Gasteiger partial charge on any atom is 0.247 e. The molecule has 0 saturated heterocycles. The van der Waals surface area contributed by atoms with E-state index in [9.17, 15) is 0 Å². The summed E-state index contributed by atoms with van der Waals surface area (Å²) in [6.45, 7) is 4.79. The maximum absolute atomic E-state index is 5.98. The number of hydrogen-bond acceptors (Lipinski definition) is 7. The molecule has 6 nitrogen and oxygen atoms in total. The molecule has 160 valence electrons. The molecule has 0 aliphatic heterocycles. The zero-order chi connectivity index (χ0) is 21.9. The van der Waals surface area contributed by atoms with Crippen LogP contribution in [0.1, 0.15) is 29.2 Å². The number of rotatable bonds is 7. The van der Waals surface area contributed by atoms with Crippen LogP contribution in [0.3, 0.4) is 0 Å². The summed E-state index contributed by atoms with van der Waals surface area (Å²) in [4.78, 5) is 1.09. The second kappa shape index (κ2) is 9.10. The smallest absolute Gasteiger partial charge is 0.247 e. The third kappa shape index (κ3) is 4.37. The van der Waals surface area contributed by atoms with Gasteiger partial charge in [0.05, 0.1) is 16.7 Å². The fraction of sp³-hybridized carbons (Fsp3) is 0.167.